The van der Waals surface area contributed by atoms with Crippen LogP contribution < -0.4 is 16.0 Å². The van der Waals surface area contributed by atoms with Crippen LogP contribution in [0.1, 0.15) is 13.3 Å². The molecule has 0 saturated carbocycles. The average Bonchev–Trinajstić information content (AvgIpc) is 2.68. The normalized spacial score (nSPS) is 10.4. The van der Waals surface area contributed by atoms with Gasteiger partial charge in [0.05, 0.1) is 11.8 Å². The fourth-order valence-electron chi connectivity index (χ4n) is 2.38. The molecule has 1 amide bonds. The maximum Gasteiger partial charge on any atom is 0.230 e. The van der Waals surface area contributed by atoms with Crippen LogP contribution in [0.4, 0.5) is 17.5 Å². The van der Waals surface area contributed by atoms with Crippen molar-refractivity contribution in [2.75, 3.05) is 23.7 Å². The summed E-state index contributed by atoms with van der Waals surface area (Å²) in [6.07, 6.45) is 3.75. The van der Waals surface area contributed by atoms with Crippen LogP contribution in [0.5, 0.6) is 0 Å². The number of hydrogen-bond acceptors (Lipinski definition) is 8. The Labute approximate surface area is 167 Å². The Hall–Kier alpha value is -3.33. The Kier molecular flexibility index (Phi) is 6.64. The summed E-state index contributed by atoms with van der Waals surface area (Å²) in [5, 5.41) is 17.7. The summed E-state index contributed by atoms with van der Waals surface area (Å²) in [4.78, 5) is 23.8. The number of hydrogen-bond donors (Lipinski definition) is 3. The molecule has 3 N–H and O–H groups in total. The van der Waals surface area contributed by atoms with Gasteiger partial charge in [-0.2, -0.15) is 10.1 Å². The standard InChI is InChI=1S/C18H19ClN8O/c1-12(28)20-7-3-8-21-17-15(6-9-24-27-17)16-22-11-23-18(26-16)25-14-5-2-4-13(19)10-14/h2,4-6,9-11H,3,7-8H2,1H3,(H,20,28)(H,21,27)(H,22,23,25,26). The SMILES string of the molecule is CC(=O)NCCCNc1nnccc1-c1ncnc(Nc2cccc(Cl)c2)n1. The van der Waals surface area contributed by atoms with Crippen molar-refractivity contribution in [2.24, 2.45) is 0 Å². The van der Waals surface area contributed by atoms with Gasteiger partial charge in [-0.3, -0.25) is 4.79 Å². The van der Waals surface area contributed by atoms with Crippen LogP contribution in [0.15, 0.2) is 42.9 Å². The second-order valence-corrected chi connectivity index (χ2v) is 6.26. The smallest absolute Gasteiger partial charge is 0.230 e. The molecule has 0 fully saturated rings. The van der Waals surface area contributed by atoms with E-state index in [1.807, 2.05) is 12.1 Å². The molecule has 0 atom stereocenters. The number of rotatable bonds is 8. The van der Waals surface area contributed by atoms with Gasteiger partial charge in [0, 0.05) is 30.7 Å². The molecule has 9 nitrogen and oxygen atoms in total. The highest BCUT2D eigenvalue weighted by molar-refractivity contribution is 6.30. The van der Waals surface area contributed by atoms with E-state index in [1.54, 1.807) is 24.4 Å². The predicted molar refractivity (Wildman–Crippen MR) is 107 cm³/mol. The number of benzene rings is 1. The van der Waals surface area contributed by atoms with Gasteiger partial charge in [0.15, 0.2) is 11.6 Å². The number of amides is 1. The molecule has 2 heterocycles. The molecule has 144 valence electrons. The molecule has 0 spiro atoms. The number of anilines is 3. The third-order valence-electron chi connectivity index (χ3n) is 3.63. The third kappa shape index (κ3) is 5.58. The minimum atomic E-state index is -0.0508. The quantitative estimate of drug-likeness (QED) is 0.495. The first-order valence-corrected chi connectivity index (χ1v) is 9.01. The number of carbonyl (C=O) groups excluding carboxylic acids is 1. The van der Waals surface area contributed by atoms with Gasteiger partial charge in [0.1, 0.15) is 6.33 Å². The van der Waals surface area contributed by atoms with Crippen molar-refractivity contribution in [3.05, 3.63) is 47.9 Å². The van der Waals surface area contributed by atoms with Gasteiger partial charge < -0.3 is 16.0 Å². The fourth-order valence-corrected chi connectivity index (χ4v) is 2.57. The van der Waals surface area contributed by atoms with E-state index in [9.17, 15) is 4.79 Å². The zero-order valence-electron chi connectivity index (χ0n) is 15.2. The van der Waals surface area contributed by atoms with Crippen molar-refractivity contribution in [3.63, 3.8) is 0 Å². The molecular weight excluding hydrogens is 380 g/mol. The van der Waals surface area contributed by atoms with E-state index in [4.69, 9.17) is 11.6 Å². The second kappa shape index (κ2) is 9.56. The van der Waals surface area contributed by atoms with Crippen LogP contribution in [0.2, 0.25) is 5.02 Å². The van der Waals surface area contributed by atoms with Crippen molar-refractivity contribution in [1.29, 1.82) is 0 Å². The summed E-state index contributed by atoms with van der Waals surface area (Å²) in [6.45, 7) is 2.69. The van der Waals surface area contributed by atoms with E-state index in [0.29, 0.717) is 41.3 Å². The fraction of sp³-hybridized carbons (Fsp3) is 0.222. The summed E-state index contributed by atoms with van der Waals surface area (Å²) in [7, 11) is 0. The monoisotopic (exact) mass is 398 g/mol. The highest BCUT2D eigenvalue weighted by Gasteiger charge is 2.11. The first kappa shape index (κ1) is 19.4. The maximum absolute atomic E-state index is 10.9. The highest BCUT2D eigenvalue weighted by Crippen LogP contribution is 2.23. The number of carbonyl (C=O) groups is 1. The van der Waals surface area contributed by atoms with Crippen molar-refractivity contribution in [1.82, 2.24) is 30.5 Å². The van der Waals surface area contributed by atoms with Gasteiger partial charge in [0.2, 0.25) is 11.9 Å². The molecule has 0 bridgehead atoms. The summed E-state index contributed by atoms with van der Waals surface area (Å²) >= 11 is 6.01. The average molecular weight is 399 g/mol. The van der Waals surface area contributed by atoms with Gasteiger partial charge in [0.25, 0.3) is 0 Å². The van der Waals surface area contributed by atoms with Crippen LogP contribution in [-0.2, 0) is 4.79 Å². The molecule has 0 radical (unpaired) electrons. The minimum absolute atomic E-state index is 0.0508. The molecule has 10 heteroatoms. The molecule has 1 aromatic carbocycles. The van der Waals surface area contributed by atoms with E-state index in [1.165, 1.54) is 13.3 Å². The lowest BCUT2D eigenvalue weighted by Crippen LogP contribution is -2.23. The molecule has 0 saturated heterocycles. The largest absolute Gasteiger partial charge is 0.368 e. The molecule has 2 aromatic heterocycles. The lowest BCUT2D eigenvalue weighted by atomic mass is 10.2. The molecule has 3 aromatic rings. The van der Waals surface area contributed by atoms with Gasteiger partial charge in [-0.1, -0.05) is 17.7 Å². The van der Waals surface area contributed by atoms with Crippen LogP contribution in [0, 0.1) is 0 Å². The lowest BCUT2D eigenvalue weighted by Gasteiger charge is -2.10. The van der Waals surface area contributed by atoms with Crippen molar-refractivity contribution < 1.29 is 4.79 Å². The minimum Gasteiger partial charge on any atom is -0.368 e. The van der Waals surface area contributed by atoms with Crippen LogP contribution in [0.3, 0.4) is 0 Å². The van der Waals surface area contributed by atoms with Gasteiger partial charge in [-0.15, -0.1) is 5.10 Å². The maximum atomic E-state index is 10.9. The van der Waals surface area contributed by atoms with Crippen LogP contribution in [0.25, 0.3) is 11.4 Å². The Morgan fingerprint density at radius 2 is 2.07 bits per heavy atom. The molecule has 0 unspecified atom stereocenters. The molecule has 0 aliphatic rings. The van der Waals surface area contributed by atoms with E-state index in [2.05, 4.69) is 41.1 Å². The number of nitrogens with zero attached hydrogens (tertiary/aromatic N) is 5. The van der Waals surface area contributed by atoms with Crippen LogP contribution in [-0.4, -0.2) is 44.1 Å². The van der Waals surface area contributed by atoms with E-state index in [-0.39, 0.29) is 5.91 Å². The topological polar surface area (TPSA) is 118 Å². The number of nitrogens with one attached hydrogen (secondary N) is 3. The first-order chi connectivity index (χ1) is 13.6. The van der Waals surface area contributed by atoms with Gasteiger partial charge in [-0.05, 0) is 30.7 Å². The number of aromatic nitrogens is 5. The highest BCUT2D eigenvalue weighted by atomic mass is 35.5. The zero-order chi connectivity index (χ0) is 19.8. The third-order valence-corrected chi connectivity index (χ3v) is 3.87. The molecule has 3 rings (SSSR count). The summed E-state index contributed by atoms with van der Waals surface area (Å²) in [6, 6.07) is 9.05. The number of halogens is 1. The lowest BCUT2D eigenvalue weighted by molar-refractivity contribution is -0.118. The van der Waals surface area contributed by atoms with Crippen molar-refractivity contribution in [3.8, 4) is 11.4 Å². The van der Waals surface area contributed by atoms with E-state index in [0.717, 1.165) is 12.1 Å². The van der Waals surface area contributed by atoms with Gasteiger partial charge >= 0.3 is 0 Å². The Bertz CT molecular complexity index is 952. The Morgan fingerprint density at radius 3 is 2.89 bits per heavy atom. The Balaban J connectivity index is 1.72. The summed E-state index contributed by atoms with van der Waals surface area (Å²) in [5.74, 6) is 1.36. The summed E-state index contributed by atoms with van der Waals surface area (Å²) < 4.78 is 0. The van der Waals surface area contributed by atoms with Gasteiger partial charge in [-0.25, -0.2) is 9.97 Å². The van der Waals surface area contributed by atoms with E-state index >= 15 is 0 Å². The molecule has 0 aliphatic carbocycles. The molecular formula is C18H19ClN8O. The predicted octanol–water partition coefficient (Wildman–Crippen LogP) is 2.66. The Morgan fingerprint density at radius 1 is 1.18 bits per heavy atom. The first-order valence-electron chi connectivity index (χ1n) is 8.64. The molecule has 28 heavy (non-hydrogen) atoms. The van der Waals surface area contributed by atoms with Crippen LogP contribution >= 0.6 is 11.6 Å². The molecule has 0 aliphatic heterocycles. The van der Waals surface area contributed by atoms with E-state index < -0.39 is 0 Å². The van der Waals surface area contributed by atoms with Crippen molar-refractivity contribution in [2.45, 2.75) is 13.3 Å². The second-order valence-electron chi connectivity index (χ2n) is 5.82. The summed E-state index contributed by atoms with van der Waals surface area (Å²) in [5.41, 5.74) is 1.47. The van der Waals surface area contributed by atoms with Crippen molar-refractivity contribution >= 4 is 35.0 Å². The zero-order valence-corrected chi connectivity index (χ0v) is 15.9.